The molecule has 0 unspecified atom stereocenters. The Morgan fingerprint density at radius 2 is 1.56 bits per heavy atom. The molecule has 1 saturated heterocycles. The summed E-state index contributed by atoms with van der Waals surface area (Å²) in [7, 11) is 0. The number of piperidine rings is 1. The van der Waals surface area contributed by atoms with Gasteiger partial charge in [0.2, 0.25) is 0 Å². The van der Waals surface area contributed by atoms with Gasteiger partial charge in [0, 0.05) is 5.92 Å². The molecule has 0 radical (unpaired) electrons. The molecule has 102 valence electrons. The number of Topliss-reactive ketones (excluding diaryl/α,β-unsaturated/α-hetero) is 1. The molecule has 0 aromatic rings. The zero-order chi connectivity index (χ0) is 12.4. The number of ketones is 1. The van der Waals surface area contributed by atoms with Crippen molar-refractivity contribution in [2.45, 2.75) is 64.2 Å². The monoisotopic (exact) mass is 249 g/mol. The van der Waals surface area contributed by atoms with E-state index < -0.39 is 0 Å². The number of carbonyl (C=O) groups excluding carboxylic acids is 1. The van der Waals surface area contributed by atoms with E-state index in [0.29, 0.717) is 17.1 Å². The predicted octanol–water partition coefficient (Wildman–Crippen LogP) is 3.40. The number of rotatable bonds is 3. The highest BCUT2D eigenvalue weighted by molar-refractivity contribution is 5.83. The second kappa shape index (κ2) is 5.32. The van der Waals surface area contributed by atoms with E-state index in [2.05, 4.69) is 4.90 Å². The van der Waals surface area contributed by atoms with Gasteiger partial charge in [0.15, 0.2) is 0 Å². The molecule has 1 aliphatic heterocycles. The van der Waals surface area contributed by atoms with Crippen molar-refractivity contribution in [1.82, 2.24) is 4.90 Å². The summed E-state index contributed by atoms with van der Waals surface area (Å²) in [5.41, 5.74) is 0.687. The lowest BCUT2D eigenvalue weighted by atomic mass is 9.77. The largest absolute Gasteiger partial charge is 0.298 e. The molecule has 2 saturated carbocycles. The summed E-state index contributed by atoms with van der Waals surface area (Å²) in [4.78, 5) is 14.6. The molecule has 2 aliphatic carbocycles. The van der Waals surface area contributed by atoms with Crippen molar-refractivity contribution in [3.05, 3.63) is 0 Å². The van der Waals surface area contributed by atoms with Crippen LogP contribution in [0.15, 0.2) is 0 Å². The van der Waals surface area contributed by atoms with Gasteiger partial charge in [0.25, 0.3) is 0 Å². The Labute approximate surface area is 111 Å². The average Bonchev–Trinajstić information content (AvgIpc) is 3.04. The molecule has 3 aliphatic rings. The first kappa shape index (κ1) is 12.7. The highest BCUT2D eigenvalue weighted by Crippen LogP contribution is 2.46. The Morgan fingerprint density at radius 1 is 0.944 bits per heavy atom. The molecular weight excluding hydrogens is 222 g/mol. The third kappa shape index (κ3) is 2.64. The van der Waals surface area contributed by atoms with Crippen molar-refractivity contribution in [1.29, 1.82) is 0 Å². The molecule has 1 spiro atoms. The summed E-state index contributed by atoms with van der Waals surface area (Å²) >= 11 is 0. The lowest BCUT2D eigenvalue weighted by Crippen LogP contribution is -2.42. The van der Waals surface area contributed by atoms with Crippen LogP contribution in [0.4, 0.5) is 0 Å². The van der Waals surface area contributed by atoms with Crippen LogP contribution < -0.4 is 0 Å². The van der Waals surface area contributed by atoms with Crippen LogP contribution in [0.2, 0.25) is 0 Å². The van der Waals surface area contributed by atoms with Gasteiger partial charge >= 0.3 is 0 Å². The van der Waals surface area contributed by atoms with Crippen molar-refractivity contribution in [3.63, 3.8) is 0 Å². The summed E-state index contributed by atoms with van der Waals surface area (Å²) < 4.78 is 0. The quantitative estimate of drug-likeness (QED) is 0.764. The van der Waals surface area contributed by atoms with E-state index in [9.17, 15) is 4.79 Å². The van der Waals surface area contributed by atoms with Gasteiger partial charge in [-0.15, -0.1) is 0 Å². The van der Waals surface area contributed by atoms with Crippen LogP contribution >= 0.6 is 0 Å². The minimum absolute atomic E-state index is 0.410. The molecule has 0 aromatic carbocycles. The van der Waals surface area contributed by atoms with Gasteiger partial charge in [-0.2, -0.15) is 0 Å². The van der Waals surface area contributed by atoms with E-state index in [1.54, 1.807) is 0 Å². The van der Waals surface area contributed by atoms with E-state index in [1.807, 2.05) is 0 Å². The average molecular weight is 249 g/mol. The Morgan fingerprint density at radius 3 is 2.17 bits per heavy atom. The second-order valence-corrected chi connectivity index (χ2v) is 6.93. The van der Waals surface area contributed by atoms with Crippen LogP contribution in [0.1, 0.15) is 64.2 Å². The minimum Gasteiger partial charge on any atom is -0.298 e. The maximum Gasteiger partial charge on any atom is 0.149 e. The van der Waals surface area contributed by atoms with Crippen LogP contribution in [0.5, 0.6) is 0 Å². The maximum atomic E-state index is 12.2. The molecule has 1 heterocycles. The highest BCUT2D eigenvalue weighted by atomic mass is 16.1. The van der Waals surface area contributed by atoms with E-state index in [0.717, 1.165) is 19.4 Å². The zero-order valence-electron chi connectivity index (χ0n) is 11.6. The first-order chi connectivity index (χ1) is 8.77. The number of likely N-dealkylation sites (tertiary alicyclic amines) is 1. The normalized spacial score (nSPS) is 29.1. The molecule has 0 aromatic heterocycles. The smallest absolute Gasteiger partial charge is 0.149 e. The van der Waals surface area contributed by atoms with E-state index in [1.165, 1.54) is 64.5 Å². The van der Waals surface area contributed by atoms with Crippen LogP contribution in [-0.2, 0) is 4.79 Å². The second-order valence-electron chi connectivity index (χ2n) is 6.93. The molecule has 0 N–H and O–H groups in total. The maximum absolute atomic E-state index is 12.2. The Hall–Kier alpha value is -0.370. The van der Waals surface area contributed by atoms with Gasteiger partial charge < -0.3 is 0 Å². The highest BCUT2D eigenvalue weighted by Gasteiger charge is 2.37. The first-order valence-electron chi connectivity index (χ1n) is 8.03. The van der Waals surface area contributed by atoms with E-state index in [-0.39, 0.29) is 0 Å². The molecule has 0 atom stereocenters. The van der Waals surface area contributed by atoms with Crippen molar-refractivity contribution < 1.29 is 4.79 Å². The first-order valence-corrected chi connectivity index (χ1v) is 8.03. The van der Waals surface area contributed by atoms with Crippen molar-refractivity contribution in [3.8, 4) is 0 Å². The van der Waals surface area contributed by atoms with Gasteiger partial charge in [-0.1, -0.05) is 25.7 Å². The van der Waals surface area contributed by atoms with Crippen LogP contribution in [0.25, 0.3) is 0 Å². The van der Waals surface area contributed by atoms with Gasteiger partial charge in [-0.05, 0) is 57.0 Å². The summed E-state index contributed by atoms with van der Waals surface area (Å²) in [5, 5.41) is 0. The summed E-state index contributed by atoms with van der Waals surface area (Å²) in [6.07, 6.45) is 13.4. The molecule has 2 nitrogen and oxygen atoms in total. The summed E-state index contributed by atoms with van der Waals surface area (Å²) in [6, 6.07) is 0. The number of nitrogens with zero attached hydrogens (tertiary/aromatic N) is 1. The van der Waals surface area contributed by atoms with Crippen molar-refractivity contribution >= 4 is 5.78 Å². The molecule has 3 fully saturated rings. The minimum atomic E-state index is 0.410. The third-order valence-electron chi connectivity index (χ3n) is 5.77. The van der Waals surface area contributed by atoms with Gasteiger partial charge in [-0.3, -0.25) is 9.69 Å². The Kier molecular flexibility index (Phi) is 3.74. The van der Waals surface area contributed by atoms with Crippen LogP contribution in [0.3, 0.4) is 0 Å². The lowest BCUT2D eigenvalue weighted by Gasteiger charge is -2.39. The standard InChI is InChI=1S/C16H27NO/c18-15(14-5-1-2-6-14)13-17-11-9-16(10-12-17)7-3-4-8-16/h14H,1-13H2. The molecule has 0 bridgehead atoms. The Balaban J connectivity index is 1.46. The van der Waals surface area contributed by atoms with Gasteiger partial charge in [-0.25, -0.2) is 0 Å². The van der Waals surface area contributed by atoms with Crippen molar-refractivity contribution in [2.75, 3.05) is 19.6 Å². The Bertz CT molecular complexity index is 290. The lowest BCUT2D eigenvalue weighted by molar-refractivity contribution is -0.124. The topological polar surface area (TPSA) is 20.3 Å². The molecule has 2 heteroatoms. The van der Waals surface area contributed by atoms with Gasteiger partial charge in [0.05, 0.1) is 6.54 Å². The number of hydrogen-bond acceptors (Lipinski definition) is 2. The molecule has 0 amide bonds. The fourth-order valence-corrected chi connectivity index (χ4v) is 4.41. The van der Waals surface area contributed by atoms with Crippen molar-refractivity contribution in [2.24, 2.45) is 11.3 Å². The predicted molar refractivity (Wildman–Crippen MR) is 73.5 cm³/mol. The molecule has 18 heavy (non-hydrogen) atoms. The fourth-order valence-electron chi connectivity index (χ4n) is 4.41. The van der Waals surface area contributed by atoms with E-state index >= 15 is 0 Å². The van der Waals surface area contributed by atoms with Gasteiger partial charge in [0.1, 0.15) is 5.78 Å². The van der Waals surface area contributed by atoms with E-state index in [4.69, 9.17) is 0 Å². The molecular formula is C16H27NO. The summed E-state index contributed by atoms with van der Waals surface area (Å²) in [5.74, 6) is 0.947. The zero-order valence-corrected chi connectivity index (χ0v) is 11.6. The van der Waals surface area contributed by atoms with Crippen LogP contribution in [0, 0.1) is 11.3 Å². The SMILES string of the molecule is O=C(CN1CCC2(CCCC2)CC1)C1CCCC1. The fraction of sp³-hybridized carbons (Fsp3) is 0.938. The van der Waals surface area contributed by atoms with Crippen LogP contribution in [-0.4, -0.2) is 30.3 Å². The number of carbonyl (C=O) groups is 1. The third-order valence-corrected chi connectivity index (χ3v) is 5.77. The summed E-state index contributed by atoms with van der Waals surface area (Å²) in [6.45, 7) is 3.11. The number of hydrogen-bond donors (Lipinski definition) is 0. The molecule has 3 rings (SSSR count).